The van der Waals surface area contributed by atoms with Crippen molar-refractivity contribution in [3.05, 3.63) is 12.2 Å². The molecular weight excluding hydrogens is 577 g/mol. The van der Waals surface area contributed by atoms with E-state index in [4.69, 9.17) is 13.8 Å². The fraction of sp³-hybridized carbons (Fsp3) is 0.839. The lowest BCUT2D eigenvalue weighted by Crippen LogP contribution is -2.43. The summed E-state index contributed by atoms with van der Waals surface area (Å²) < 4.78 is 26.5. The third-order valence-electron chi connectivity index (χ3n) is 6.80. The van der Waals surface area contributed by atoms with Gasteiger partial charge in [0.15, 0.2) is 6.04 Å². The summed E-state index contributed by atoms with van der Waals surface area (Å²) in [5, 5.41) is 21.6. The van der Waals surface area contributed by atoms with Crippen LogP contribution in [0.4, 0.5) is 0 Å². The van der Waals surface area contributed by atoms with Crippen LogP contribution in [0.15, 0.2) is 12.2 Å². The topological polar surface area (TPSA) is 169 Å². The molecule has 0 rings (SSSR count). The summed E-state index contributed by atoms with van der Waals surface area (Å²) in [5.74, 6) is -2.39. The van der Waals surface area contributed by atoms with Crippen LogP contribution in [0.3, 0.4) is 0 Å². The zero-order chi connectivity index (χ0) is 32.2. The summed E-state index contributed by atoms with van der Waals surface area (Å²) in [5.41, 5.74) is 0. The number of rotatable bonds is 30. The maximum Gasteiger partial charge on any atom is 0.472 e. The molecule has 43 heavy (non-hydrogen) atoms. The number of carboxylic acids is 1. The Morgan fingerprint density at radius 3 is 1.84 bits per heavy atom. The Morgan fingerprint density at radius 2 is 1.23 bits per heavy atom. The Bertz CT molecular complexity index is 807. The van der Waals surface area contributed by atoms with Crippen molar-refractivity contribution >= 4 is 25.7 Å². The lowest BCUT2D eigenvalue weighted by atomic mass is 10.1. The first-order valence-corrected chi connectivity index (χ1v) is 17.7. The van der Waals surface area contributed by atoms with E-state index >= 15 is 0 Å². The molecule has 0 aliphatic heterocycles. The van der Waals surface area contributed by atoms with E-state index in [-0.39, 0.29) is 12.8 Å². The van der Waals surface area contributed by atoms with Gasteiger partial charge in [-0.25, -0.2) is 9.36 Å². The lowest BCUT2D eigenvalue weighted by molar-refractivity contribution is -0.147. The molecule has 0 radical (unpaired) electrons. The Morgan fingerprint density at radius 1 is 0.721 bits per heavy atom. The Kier molecular flexibility index (Phi) is 26.6. The standard InChI is InChI=1S/C31H58NO10P/c1-3-5-7-9-11-13-14-15-16-18-20-22-29(34)32-28(31(36)37)26-42-43(38,39)41-25-27(33)24-40-30(35)23-21-19-17-12-10-8-6-4-2/h9,11,27-28,33H,3-8,10,12-26H2,1-2H3,(H,32,34)(H,36,37)(H,38,39)/b11-9-. The van der Waals surface area contributed by atoms with Gasteiger partial charge in [-0.1, -0.05) is 103 Å². The molecule has 0 saturated carbocycles. The molecule has 3 atom stereocenters. The van der Waals surface area contributed by atoms with Crippen molar-refractivity contribution < 1.29 is 47.8 Å². The van der Waals surface area contributed by atoms with Crippen LogP contribution in [0.5, 0.6) is 0 Å². The number of phosphoric acid groups is 1. The average molecular weight is 636 g/mol. The molecule has 1 amide bonds. The molecule has 12 heteroatoms. The third-order valence-corrected chi connectivity index (χ3v) is 7.76. The summed E-state index contributed by atoms with van der Waals surface area (Å²) >= 11 is 0. The van der Waals surface area contributed by atoms with Gasteiger partial charge in [0, 0.05) is 12.8 Å². The zero-order valence-electron chi connectivity index (χ0n) is 26.5. The number of hydrogen-bond donors (Lipinski definition) is 4. The van der Waals surface area contributed by atoms with Crippen LogP contribution < -0.4 is 5.32 Å². The highest BCUT2D eigenvalue weighted by Crippen LogP contribution is 2.43. The summed E-state index contributed by atoms with van der Waals surface area (Å²) in [7, 11) is -4.73. The van der Waals surface area contributed by atoms with Gasteiger partial charge in [0.25, 0.3) is 0 Å². The molecular formula is C31H58NO10P. The maximum atomic E-state index is 12.2. The van der Waals surface area contributed by atoms with Crippen molar-refractivity contribution in [1.82, 2.24) is 5.32 Å². The number of aliphatic hydroxyl groups is 1. The molecule has 0 fully saturated rings. The fourth-order valence-corrected chi connectivity index (χ4v) is 4.95. The van der Waals surface area contributed by atoms with Gasteiger partial charge < -0.3 is 25.2 Å². The first-order chi connectivity index (χ1) is 20.6. The smallest absolute Gasteiger partial charge is 0.472 e. The molecule has 0 aromatic heterocycles. The third kappa shape index (κ3) is 27.5. The van der Waals surface area contributed by atoms with Crippen molar-refractivity contribution in [3.63, 3.8) is 0 Å². The van der Waals surface area contributed by atoms with Crippen LogP contribution in [-0.4, -0.2) is 64.9 Å². The van der Waals surface area contributed by atoms with Crippen LogP contribution >= 0.6 is 7.82 Å². The van der Waals surface area contributed by atoms with Crippen molar-refractivity contribution in [2.75, 3.05) is 19.8 Å². The van der Waals surface area contributed by atoms with Gasteiger partial charge in [0.1, 0.15) is 12.7 Å². The fourth-order valence-electron chi connectivity index (χ4n) is 4.18. The first kappa shape index (κ1) is 41.2. The average Bonchev–Trinajstić information content (AvgIpc) is 2.97. The quantitative estimate of drug-likeness (QED) is 0.0292. The van der Waals surface area contributed by atoms with E-state index in [0.717, 1.165) is 57.8 Å². The minimum atomic E-state index is -4.73. The number of carbonyl (C=O) groups excluding carboxylic acids is 2. The highest BCUT2D eigenvalue weighted by atomic mass is 31.2. The molecule has 4 N–H and O–H groups in total. The highest BCUT2D eigenvalue weighted by Gasteiger charge is 2.28. The van der Waals surface area contributed by atoms with E-state index in [9.17, 15) is 34.1 Å². The number of aliphatic hydroxyl groups excluding tert-OH is 1. The largest absolute Gasteiger partial charge is 0.480 e. The number of aliphatic carboxylic acids is 1. The summed E-state index contributed by atoms with van der Waals surface area (Å²) in [6, 6.07) is -1.54. The van der Waals surface area contributed by atoms with E-state index in [0.29, 0.717) is 12.8 Å². The van der Waals surface area contributed by atoms with Gasteiger partial charge >= 0.3 is 19.8 Å². The van der Waals surface area contributed by atoms with Crippen molar-refractivity contribution in [1.29, 1.82) is 0 Å². The molecule has 252 valence electrons. The van der Waals surface area contributed by atoms with Gasteiger partial charge in [-0.2, -0.15) is 0 Å². The van der Waals surface area contributed by atoms with Crippen LogP contribution in [0.2, 0.25) is 0 Å². The second-order valence-electron chi connectivity index (χ2n) is 11.0. The maximum absolute atomic E-state index is 12.2. The summed E-state index contributed by atoms with van der Waals surface area (Å²) in [4.78, 5) is 45.3. The molecule has 0 aliphatic carbocycles. The highest BCUT2D eigenvalue weighted by molar-refractivity contribution is 7.47. The molecule has 0 aromatic carbocycles. The molecule has 0 heterocycles. The normalized spacial score (nSPS) is 14.3. The van der Waals surface area contributed by atoms with E-state index in [2.05, 4.69) is 31.3 Å². The van der Waals surface area contributed by atoms with Crippen molar-refractivity contribution in [2.45, 2.75) is 148 Å². The van der Waals surface area contributed by atoms with Crippen LogP contribution in [0.1, 0.15) is 136 Å². The van der Waals surface area contributed by atoms with E-state index in [1.54, 1.807) is 0 Å². The summed E-state index contributed by atoms with van der Waals surface area (Å²) in [6.45, 7) is 2.45. The molecule has 0 bridgehead atoms. The number of allylic oxidation sites excluding steroid dienone is 2. The number of nitrogens with one attached hydrogen (secondary N) is 1. The number of hydrogen-bond acceptors (Lipinski definition) is 8. The van der Waals surface area contributed by atoms with Gasteiger partial charge in [-0.05, 0) is 32.1 Å². The molecule has 3 unspecified atom stereocenters. The predicted molar refractivity (Wildman–Crippen MR) is 166 cm³/mol. The Labute approximate surface area is 258 Å². The molecule has 0 saturated heterocycles. The van der Waals surface area contributed by atoms with Gasteiger partial charge in [-0.15, -0.1) is 0 Å². The van der Waals surface area contributed by atoms with Gasteiger partial charge in [-0.3, -0.25) is 18.6 Å². The number of amides is 1. The molecule has 0 spiro atoms. The monoisotopic (exact) mass is 635 g/mol. The predicted octanol–water partition coefficient (Wildman–Crippen LogP) is 6.60. The van der Waals surface area contributed by atoms with Crippen molar-refractivity contribution in [3.8, 4) is 0 Å². The van der Waals surface area contributed by atoms with E-state index < -0.39 is 57.6 Å². The number of phosphoric ester groups is 1. The number of carbonyl (C=O) groups is 3. The molecule has 0 aromatic rings. The molecule has 11 nitrogen and oxygen atoms in total. The lowest BCUT2D eigenvalue weighted by Gasteiger charge is -2.18. The SMILES string of the molecule is CCCC/C=C\CCCCCCCC(=O)NC(COP(=O)(O)OCC(O)COC(=O)CCCCCCCCCC)C(=O)O. The molecule has 0 aliphatic rings. The Hall–Kier alpha value is -1.78. The van der Waals surface area contributed by atoms with Gasteiger partial charge in [0.2, 0.25) is 5.91 Å². The van der Waals surface area contributed by atoms with Gasteiger partial charge in [0.05, 0.1) is 13.2 Å². The van der Waals surface area contributed by atoms with E-state index in [1.807, 2.05) is 0 Å². The van der Waals surface area contributed by atoms with E-state index in [1.165, 1.54) is 38.5 Å². The van der Waals surface area contributed by atoms with Crippen LogP contribution in [0, 0.1) is 0 Å². The number of carboxylic acid groups (broad SMARTS) is 1. The zero-order valence-corrected chi connectivity index (χ0v) is 27.4. The number of ether oxygens (including phenoxy) is 1. The first-order valence-electron chi connectivity index (χ1n) is 16.2. The summed E-state index contributed by atoms with van der Waals surface area (Å²) in [6.07, 6.45) is 21.3. The second-order valence-corrected chi connectivity index (χ2v) is 12.5. The number of esters is 1. The van der Waals surface area contributed by atoms with Crippen LogP contribution in [-0.2, 0) is 32.7 Å². The minimum Gasteiger partial charge on any atom is -0.480 e. The van der Waals surface area contributed by atoms with Crippen molar-refractivity contribution in [2.24, 2.45) is 0 Å². The number of unbranched alkanes of at least 4 members (excludes halogenated alkanes) is 14. The van der Waals surface area contributed by atoms with Crippen LogP contribution in [0.25, 0.3) is 0 Å². The minimum absolute atomic E-state index is 0.137. The second kappa shape index (κ2) is 27.7. The Balaban J connectivity index is 4.07.